The molecule has 118 valence electrons. The van der Waals surface area contributed by atoms with E-state index in [0.29, 0.717) is 6.61 Å². The molecule has 1 aromatic rings. The Morgan fingerprint density at radius 1 is 1.50 bits per heavy atom. The van der Waals surface area contributed by atoms with Gasteiger partial charge in [-0.3, -0.25) is 4.79 Å². The quantitative estimate of drug-likeness (QED) is 0.681. The summed E-state index contributed by atoms with van der Waals surface area (Å²) >= 11 is -0.263. The van der Waals surface area contributed by atoms with Crippen molar-refractivity contribution in [1.29, 1.82) is 0 Å². The van der Waals surface area contributed by atoms with Crippen molar-refractivity contribution >= 4 is 17.7 Å². The highest BCUT2D eigenvalue weighted by atomic mass is 32.2. The number of alkyl halides is 3. The number of amides is 1. The molecule has 1 amide bonds. The van der Waals surface area contributed by atoms with Crippen LogP contribution >= 0.6 is 11.8 Å². The molecule has 1 aliphatic rings. The van der Waals surface area contributed by atoms with Crippen LogP contribution in [0, 0.1) is 12.3 Å². The minimum absolute atomic E-state index is 0.0467. The highest BCUT2D eigenvalue weighted by Gasteiger charge is 2.30. The number of nitrogens with one attached hydrogen (secondary N) is 1. The summed E-state index contributed by atoms with van der Waals surface area (Å²) in [6.07, 6.45) is 6.77. The Labute approximate surface area is 130 Å². The third-order valence-corrected chi connectivity index (χ3v) is 3.85. The summed E-state index contributed by atoms with van der Waals surface area (Å²) in [7, 11) is 0. The molecule has 2 rings (SSSR count). The lowest BCUT2D eigenvalue weighted by molar-refractivity contribution is -0.0328. The second-order valence-corrected chi connectivity index (χ2v) is 5.88. The molecule has 0 radical (unpaired) electrons. The summed E-state index contributed by atoms with van der Waals surface area (Å²) in [5.41, 5.74) is -4.26. The Kier molecular flexibility index (Phi) is 5.37. The van der Waals surface area contributed by atoms with E-state index < -0.39 is 17.5 Å². The summed E-state index contributed by atoms with van der Waals surface area (Å²) in [5.74, 6) is 1.94. The molecule has 0 bridgehead atoms. The molecule has 1 aromatic carbocycles. The molecule has 1 fully saturated rings. The predicted octanol–water partition coefficient (Wildman–Crippen LogP) is 3.21. The van der Waals surface area contributed by atoms with Crippen LogP contribution in [0.15, 0.2) is 29.2 Å². The first kappa shape index (κ1) is 16.7. The molecule has 1 heterocycles. The Balaban J connectivity index is 2.05. The van der Waals surface area contributed by atoms with Gasteiger partial charge in [0, 0.05) is 17.1 Å². The largest absolute Gasteiger partial charge is 0.446 e. The van der Waals surface area contributed by atoms with Gasteiger partial charge in [-0.2, -0.15) is 13.2 Å². The molecule has 1 N–H and O–H groups in total. The lowest BCUT2D eigenvalue weighted by Gasteiger charge is -2.19. The first-order chi connectivity index (χ1) is 10.4. The molecular weight excluding hydrogens is 315 g/mol. The van der Waals surface area contributed by atoms with E-state index in [-0.39, 0.29) is 28.3 Å². The van der Waals surface area contributed by atoms with Crippen molar-refractivity contribution in [3.05, 3.63) is 29.8 Å². The molecule has 2 atom stereocenters. The van der Waals surface area contributed by atoms with E-state index in [0.717, 1.165) is 12.8 Å². The fourth-order valence-corrected chi connectivity index (χ4v) is 2.77. The molecule has 0 spiro atoms. The van der Waals surface area contributed by atoms with E-state index in [4.69, 9.17) is 11.2 Å². The molecule has 0 unspecified atom stereocenters. The van der Waals surface area contributed by atoms with Gasteiger partial charge >= 0.3 is 5.51 Å². The smallest absolute Gasteiger partial charge is 0.375 e. The van der Waals surface area contributed by atoms with Gasteiger partial charge in [0.25, 0.3) is 5.91 Å². The van der Waals surface area contributed by atoms with Gasteiger partial charge in [0.2, 0.25) is 0 Å². The molecule has 3 nitrogen and oxygen atoms in total. The third-order valence-electron chi connectivity index (χ3n) is 3.13. The van der Waals surface area contributed by atoms with Crippen LogP contribution in [-0.4, -0.2) is 30.2 Å². The standard InChI is InChI=1S/C15H14F3NO2S/c1-2-12(13-7-4-8-21-13)19-14(20)10-5-3-6-11(9-10)22-15(16,17)18/h1,3,5-6,9,12-13H,4,7-8H2,(H,19,20)/t12-,13-/m0/s1. The van der Waals surface area contributed by atoms with Gasteiger partial charge < -0.3 is 10.1 Å². The van der Waals surface area contributed by atoms with Gasteiger partial charge in [0.1, 0.15) is 6.04 Å². The Morgan fingerprint density at radius 3 is 2.86 bits per heavy atom. The number of carbonyl (C=O) groups is 1. The number of terminal acetylenes is 1. The summed E-state index contributed by atoms with van der Waals surface area (Å²) in [6, 6.07) is 4.75. The topological polar surface area (TPSA) is 38.3 Å². The van der Waals surface area contributed by atoms with Crippen molar-refractivity contribution < 1.29 is 22.7 Å². The Hall–Kier alpha value is -1.65. The summed E-state index contributed by atoms with van der Waals surface area (Å²) in [5, 5.41) is 2.62. The summed E-state index contributed by atoms with van der Waals surface area (Å²) in [4.78, 5) is 12.1. The van der Waals surface area contributed by atoms with Crippen LogP contribution in [0.1, 0.15) is 23.2 Å². The number of hydrogen-bond acceptors (Lipinski definition) is 3. The van der Waals surface area contributed by atoms with Gasteiger partial charge in [-0.25, -0.2) is 0 Å². The second-order valence-electron chi connectivity index (χ2n) is 4.74. The SMILES string of the molecule is C#C[C@H](NC(=O)c1cccc(SC(F)(F)F)c1)[C@@H]1CCCO1. The zero-order valence-electron chi connectivity index (χ0n) is 11.5. The maximum Gasteiger partial charge on any atom is 0.446 e. The van der Waals surface area contributed by atoms with Crippen molar-refractivity contribution in [3.63, 3.8) is 0 Å². The van der Waals surface area contributed by atoms with Crippen LogP contribution < -0.4 is 5.32 Å². The van der Waals surface area contributed by atoms with Crippen LogP contribution in [0.4, 0.5) is 13.2 Å². The first-order valence-corrected chi connectivity index (χ1v) is 7.45. The van der Waals surface area contributed by atoms with E-state index >= 15 is 0 Å². The number of benzene rings is 1. The van der Waals surface area contributed by atoms with Gasteiger partial charge in [0.05, 0.1) is 6.10 Å². The average molecular weight is 329 g/mol. The van der Waals surface area contributed by atoms with Crippen molar-refractivity contribution in [2.75, 3.05) is 6.61 Å². The van der Waals surface area contributed by atoms with Crippen LogP contribution in [0.3, 0.4) is 0 Å². The number of ether oxygens (including phenoxy) is 1. The van der Waals surface area contributed by atoms with Crippen molar-refractivity contribution in [2.45, 2.75) is 35.4 Å². The van der Waals surface area contributed by atoms with Gasteiger partial charge in [-0.15, -0.1) is 6.42 Å². The highest BCUT2D eigenvalue weighted by Crippen LogP contribution is 2.36. The number of hydrogen-bond donors (Lipinski definition) is 1. The summed E-state index contributed by atoms with van der Waals surface area (Å²) < 4.78 is 42.5. The molecule has 1 saturated heterocycles. The number of rotatable bonds is 4. The minimum Gasteiger partial charge on any atom is -0.375 e. The number of carbonyl (C=O) groups excluding carboxylic acids is 1. The molecule has 0 aromatic heterocycles. The van der Waals surface area contributed by atoms with Crippen molar-refractivity contribution in [3.8, 4) is 12.3 Å². The maximum absolute atomic E-state index is 12.4. The van der Waals surface area contributed by atoms with E-state index in [9.17, 15) is 18.0 Å². The van der Waals surface area contributed by atoms with E-state index in [1.807, 2.05) is 0 Å². The van der Waals surface area contributed by atoms with Gasteiger partial charge in [0.15, 0.2) is 0 Å². The van der Waals surface area contributed by atoms with Crippen molar-refractivity contribution in [2.24, 2.45) is 0 Å². The Bertz CT molecular complexity index is 577. The molecule has 0 saturated carbocycles. The lowest BCUT2D eigenvalue weighted by Crippen LogP contribution is -2.42. The lowest BCUT2D eigenvalue weighted by atomic mass is 10.1. The van der Waals surface area contributed by atoms with E-state index in [2.05, 4.69) is 11.2 Å². The maximum atomic E-state index is 12.4. The molecule has 7 heteroatoms. The number of halogens is 3. The van der Waals surface area contributed by atoms with Crippen LogP contribution in [0.2, 0.25) is 0 Å². The van der Waals surface area contributed by atoms with E-state index in [1.165, 1.54) is 24.3 Å². The van der Waals surface area contributed by atoms with Crippen LogP contribution in [0.5, 0.6) is 0 Å². The van der Waals surface area contributed by atoms with Crippen LogP contribution in [0.25, 0.3) is 0 Å². The first-order valence-electron chi connectivity index (χ1n) is 6.63. The molecular formula is C15H14F3NO2S. The fourth-order valence-electron chi connectivity index (χ4n) is 2.17. The fraction of sp³-hybridized carbons (Fsp3) is 0.400. The zero-order valence-corrected chi connectivity index (χ0v) is 12.3. The molecule has 1 aliphatic heterocycles. The average Bonchev–Trinajstić information content (AvgIpc) is 2.97. The molecule has 22 heavy (non-hydrogen) atoms. The molecule has 0 aliphatic carbocycles. The van der Waals surface area contributed by atoms with Gasteiger partial charge in [-0.05, 0) is 42.8 Å². The highest BCUT2D eigenvalue weighted by molar-refractivity contribution is 8.00. The minimum atomic E-state index is -4.39. The van der Waals surface area contributed by atoms with Crippen molar-refractivity contribution in [1.82, 2.24) is 5.32 Å². The van der Waals surface area contributed by atoms with E-state index in [1.54, 1.807) is 0 Å². The summed E-state index contributed by atoms with van der Waals surface area (Å²) in [6.45, 7) is 0.594. The zero-order chi connectivity index (χ0) is 16.2. The second kappa shape index (κ2) is 7.07. The third kappa shape index (κ3) is 4.68. The van der Waals surface area contributed by atoms with Gasteiger partial charge in [-0.1, -0.05) is 12.0 Å². The Morgan fingerprint density at radius 2 is 2.27 bits per heavy atom. The van der Waals surface area contributed by atoms with Crippen LogP contribution in [-0.2, 0) is 4.74 Å². The predicted molar refractivity (Wildman–Crippen MR) is 77.4 cm³/mol. The number of thioether (sulfide) groups is 1. The normalized spacial score (nSPS) is 19.5. The monoisotopic (exact) mass is 329 g/mol.